The van der Waals surface area contributed by atoms with Gasteiger partial charge in [0, 0.05) is 24.7 Å². The van der Waals surface area contributed by atoms with Crippen molar-refractivity contribution in [2.45, 2.75) is 0 Å². The van der Waals surface area contributed by atoms with Crippen LogP contribution in [-0.2, 0) is 0 Å². The van der Waals surface area contributed by atoms with Gasteiger partial charge >= 0.3 is 23.1 Å². The van der Waals surface area contributed by atoms with E-state index in [4.69, 9.17) is 15.1 Å². The van der Waals surface area contributed by atoms with Crippen LogP contribution in [-0.4, -0.2) is 53.1 Å². The van der Waals surface area contributed by atoms with Crippen LogP contribution in [0.15, 0.2) is 67.3 Å². The highest BCUT2D eigenvalue weighted by Gasteiger charge is 1.95. The summed E-state index contributed by atoms with van der Waals surface area (Å²) in [4.78, 5) is 10.8. The van der Waals surface area contributed by atoms with Crippen molar-refractivity contribution < 1.29 is 33.4 Å². The Labute approximate surface area is 162 Å². The van der Waals surface area contributed by atoms with Crippen LogP contribution in [0.25, 0.3) is 0 Å². The summed E-state index contributed by atoms with van der Waals surface area (Å²) in [5.41, 5.74) is 0. The molecule has 0 bridgehead atoms. The first-order valence-corrected chi connectivity index (χ1v) is 7.50. The lowest BCUT2D eigenvalue weighted by Crippen LogP contribution is -2.00. The van der Waals surface area contributed by atoms with Crippen LogP contribution in [0.4, 0.5) is 4.39 Å². The first-order valence-electron chi connectivity index (χ1n) is 7.50. The molecule has 3 radical (unpaired) electrons. The van der Waals surface area contributed by atoms with Crippen LogP contribution < -0.4 is 14.0 Å². The molecule has 0 amide bonds. The molecule has 0 aromatic carbocycles. The number of pyridine rings is 3. The summed E-state index contributed by atoms with van der Waals surface area (Å²) in [6, 6.07) is 11.1. The van der Waals surface area contributed by atoms with Gasteiger partial charge in [0.25, 0.3) is 0 Å². The quantitative estimate of drug-likeness (QED) is 0.401. The Morgan fingerprint density at radius 3 is 2.07 bits per heavy atom. The molecular weight excluding hydrogens is 370 g/mol. The third-order valence-corrected chi connectivity index (χ3v) is 2.52. The van der Waals surface area contributed by atoms with Crippen molar-refractivity contribution in [1.82, 2.24) is 15.0 Å². The summed E-state index contributed by atoms with van der Waals surface area (Å²) in [7, 11) is 1.70. The third-order valence-electron chi connectivity index (χ3n) is 2.52. The molecule has 9 nitrogen and oxygen atoms in total. The number of hydrogen-bond acceptors (Lipinski definition) is 9. The van der Waals surface area contributed by atoms with Crippen LogP contribution in [0.1, 0.15) is 0 Å². The van der Waals surface area contributed by atoms with Gasteiger partial charge in [-0.05, 0) is 30.3 Å². The summed E-state index contributed by atoms with van der Waals surface area (Å²) in [5.74, 6) is 0.495. The van der Waals surface area contributed by atoms with Gasteiger partial charge in [0.1, 0.15) is 11.5 Å². The van der Waals surface area contributed by atoms with Crippen molar-refractivity contribution in [1.29, 1.82) is 0 Å². The Morgan fingerprint density at radius 1 is 0.750 bits per heavy atom. The lowest BCUT2D eigenvalue weighted by molar-refractivity contribution is 0.443. The van der Waals surface area contributed by atoms with Crippen LogP contribution in [0.3, 0.4) is 0 Å². The van der Waals surface area contributed by atoms with E-state index in [1.165, 1.54) is 18.5 Å². The molecule has 0 spiro atoms. The van der Waals surface area contributed by atoms with E-state index >= 15 is 0 Å². The van der Waals surface area contributed by atoms with Gasteiger partial charge in [-0.2, -0.15) is 4.39 Å². The van der Waals surface area contributed by atoms with Crippen molar-refractivity contribution in [3.8, 4) is 17.4 Å². The Bertz CT molecular complexity index is 723. The minimum Gasteiger partial charge on any atom is -0.537 e. The molecule has 3 rings (SSSR count). The maximum absolute atomic E-state index is 12.2. The van der Waals surface area contributed by atoms with E-state index in [1.807, 2.05) is 0 Å². The Morgan fingerprint density at radius 2 is 1.50 bits per heavy atom. The molecule has 28 heavy (non-hydrogen) atoms. The molecule has 0 aliphatic heterocycles. The SMILES string of the molecule is O[B]Oc1ccccn1.O[B]Oc1cccnc1.O[B]Oc1ccnc(F)c1. The van der Waals surface area contributed by atoms with E-state index in [9.17, 15) is 4.39 Å². The van der Waals surface area contributed by atoms with Gasteiger partial charge < -0.3 is 29.0 Å². The second kappa shape index (κ2) is 15.0. The van der Waals surface area contributed by atoms with Gasteiger partial charge in [0.2, 0.25) is 5.95 Å². The minimum absolute atomic E-state index is 0.218. The number of halogens is 1. The topological polar surface area (TPSA) is 127 Å². The van der Waals surface area contributed by atoms with E-state index in [0.717, 1.165) is 6.07 Å². The minimum atomic E-state index is -0.639. The van der Waals surface area contributed by atoms with Gasteiger partial charge in [-0.1, -0.05) is 6.07 Å². The van der Waals surface area contributed by atoms with E-state index in [-0.39, 0.29) is 5.75 Å². The molecule has 141 valence electrons. The van der Waals surface area contributed by atoms with Gasteiger partial charge in [0.05, 0.1) is 6.20 Å². The Kier molecular flexibility index (Phi) is 12.2. The van der Waals surface area contributed by atoms with Crippen molar-refractivity contribution in [2.75, 3.05) is 0 Å². The van der Waals surface area contributed by atoms with Crippen LogP contribution >= 0.6 is 0 Å². The van der Waals surface area contributed by atoms with Gasteiger partial charge in [-0.25, -0.2) is 9.97 Å². The average Bonchev–Trinajstić information content (AvgIpc) is 2.72. The molecular formula is C15H14B3FN3O6. The van der Waals surface area contributed by atoms with Crippen molar-refractivity contribution >= 4 is 23.1 Å². The normalized spacial score (nSPS) is 8.71. The summed E-state index contributed by atoms with van der Waals surface area (Å²) in [6.07, 6.45) is 5.96. The summed E-state index contributed by atoms with van der Waals surface area (Å²) in [5, 5.41) is 24.4. The molecule has 3 heterocycles. The van der Waals surface area contributed by atoms with Crippen molar-refractivity contribution in [2.24, 2.45) is 0 Å². The number of hydrogen-bond donors (Lipinski definition) is 3. The fraction of sp³-hybridized carbons (Fsp3) is 0. The second-order valence-corrected chi connectivity index (χ2v) is 4.34. The first kappa shape index (κ1) is 22.9. The lowest BCUT2D eigenvalue weighted by atomic mass is 10.4. The highest BCUT2D eigenvalue weighted by atomic mass is 19.1. The molecule has 0 aliphatic rings. The lowest BCUT2D eigenvalue weighted by Gasteiger charge is -1.98. The fourth-order valence-electron chi connectivity index (χ4n) is 1.47. The van der Waals surface area contributed by atoms with Crippen LogP contribution in [0.5, 0.6) is 17.4 Å². The van der Waals surface area contributed by atoms with E-state index in [2.05, 4.69) is 28.9 Å². The standard InChI is InChI=1S/C5H4BFNO2.2C5H5BNO2/c7-5-3-4(10-6-9)1-2-8-5;8-6-9-5-2-1-3-7-4-5;8-6-9-5-3-1-2-4-7-5/h1-3,9H;2*1-4,8H. The van der Waals surface area contributed by atoms with E-state index in [1.54, 1.807) is 42.7 Å². The summed E-state index contributed by atoms with van der Waals surface area (Å²) in [6.45, 7) is 0. The van der Waals surface area contributed by atoms with E-state index < -0.39 is 5.95 Å². The van der Waals surface area contributed by atoms with Crippen LogP contribution in [0, 0.1) is 5.95 Å². The van der Waals surface area contributed by atoms with Gasteiger partial charge in [-0.3, -0.25) is 4.98 Å². The molecule has 3 aromatic heterocycles. The van der Waals surface area contributed by atoms with E-state index in [0.29, 0.717) is 34.7 Å². The fourth-order valence-corrected chi connectivity index (χ4v) is 1.47. The maximum Gasteiger partial charge on any atom is 0.570 e. The van der Waals surface area contributed by atoms with Crippen LogP contribution in [0.2, 0.25) is 0 Å². The van der Waals surface area contributed by atoms with Crippen molar-refractivity contribution in [3.05, 3.63) is 73.2 Å². The monoisotopic (exact) mass is 384 g/mol. The zero-order valence-electron chi connectivity index (χ0n) is 14.4. The highest BCUT2D eigenvalue weighted by molar-refractivity contribution is 6.17. The zero-order valence-corrected chi connectivity index (χ0v) is 14.4. The molecule has 0 aliphatic carbocycles. The Balaban J connectivity index is 0.000000210. The molecule has 0 saturated heterocycles. The smallest absolute Gasteiger partial charge is 0.537 e. The molecule has 3 N–H and O–H groups in total. The molecule has 0 atom stereocenters. The third kappa shape index (κ3) is 10.8. The predicted molar refractivity (Wildman–Crippen MR) is 98.5 cm³/mol. The number of aromatic nitrogens is 3. The maximum atomic E-state index is 12.2. The Hall–Kier alpha value is -3.15. The van der Waals surface area contributed by atoms with Gasteiger partial charge in [0.15, 0.2) is 5.88 Å². The molecule has 13 heteroatoms. The molecule has 3 aromatic rings. The summed E-state index contributed by atoms with van der Waals surface area (Å²) < 4.78 is 25.7. The first-order chi connectivity index (χ1) is 13.7. The summed E-state index contributed by atoms with van der Waals surface area (Å²) >= 11 is 0. The molecule has 0 saturated carbocycles. The van der Waals surface area contributed by atoms with Gasteiger partial charge in [-0.15, -0.1) is 0 Å². The zero-order chi connectivity index (χ0) is 20.5. The second-order valence-electron chi connectivity index (χ2n) is 4.34. The molecule has 0 unspecified atom stereocenters. The molecule has 0 fully saturated rings. The number of nitrogens with zero attached hydrogens (tertiary/aromatic N) is 3. The predicted octanol–water partition coefficient (Wildman–Crippen LogP) is 0.0998. The number of rotatable bonds is 6. The highest BCUT2D eigenvalue weighted by Crippen LogP contribution is 2.08. The van der Waals surface area contributed by atoms with Crippen molar-refractivity contribution in [3.63, 3.8) is 0 Å². The largest absolute Gasteiger partial charge is 0.570 e. The average molecular weight is 384 g/mol.